The Morgan fingerprint density at radius 2 is 1.93 bits per heavy atom. The van der Waals surface area contributed by atoms with Crippen LogP contribution >= 0.6 is 0 Å². The Balaban J connectivity index is 1.50. The number of rotatable bonds is 3. The first-order chi connectivity index (χ1) is 12.9. The first-order valence-electron chi connectivity index (χ1n) is 8.88. The van der Waals surface area contributed by atoms with Crippen molar-refractivity contribution in [3.05, 3.63) is 28.7 Å². The second kappa shape index (κ2) is 6.77. The molecule has 0 N–H and O–H groups in total. The van der Waals surface area contributed by atoms with Crippen molar-refractivity contribution in [1.82, 2.24) is 13.8 Å². The summed E-state index contributed by atoms with van der Waals surface area (Å²) in [4.78, 5) is 25.7. The predicted octanol–water partition coefficient (Wildman–Crippen LogP) is 0.143. The summed E-state index contributed by atoms with van der Waals surface area (Å²) in [6.45, 7) is 1.71. The van der Waals surface area contributed by atoms with Crippen molar-refractivity contribution in [2.24, 2.45) is 7.05 Å². The molecule has 9 nitrogen and oxygen atoms in total. The topological polar surface area (TPSA) is 102 Å². The molecule has 10 heteroatoms. The standard InChI is InChI=1S/C17H21N3O6S/c1-18-13-5-4-12(11-15(13)26-17(18)22)27(23,24)20-8-6-19(7-9-20)16(21)14-3-2-10-25-14/h4-5,11,14H,2-3,6-10H2,1H3/t14-/m1/s1. The number of nitrogens with zero attached hydrogens (tertiary/aromatic N) is 3. The number of carbonyl (C=O) groups is 1. The monoisotopic (exact) mass is 395 g/mol. The molecule has 0 saturated carbocycles. The zero-order valence-electron chi connectivity index (χ0n) is 15.0. The van der Waals surface area contributed by atoms with Crippen LogP contribution in [0.25, 0.3) is 11.1 Å². The molecule has 146 valence electrons. The zero-order valence-corrected chi connectivity index (χ0v) is 15.8. The van der Waals surface area contributed by atoms with E-state index in [-0.39, 0.29) is 29.5 Å². The van der Waals surface area contributed by atoms with Crippen LogP contribution in [0.15, 0.2) is 32.3 Å². The number of sulfonamides is 1. The second-order valence-electron chi connectivity index (χ2n) is 6.79. The molecule has 2 fully saturated rings. The van der Waals surface area contributed by atoms with Crippen LogP contribution < -0.4 is 5.76 Å². The van der Waals surface area contributed by atoms with Gasteiger partial charge in [0.05, 0.1) is 10.4 Å². The Morgan fingerprint density at radius 3 is 2.59 bits per heavy atom. The van der Waals surface area contributed by atoms with Gasteiger partial charge < -0.3 is 14.1 Å². The number of benzene rings is 1. The van der Waals surface area contributed by atoms with Crippen LogP contribution in [0.1, 0.15) is 12.8 Å². The SMILES string of the molecule is Cn1c(=O)oc2cc(S(=O)(=O)N3CCN(C(=O)[C@H]4CCCO4)CC3)ccc21. The molecule has 0 bridgehead atoms. The molecular weight excluding hydrogens is 374 g/mol. The highest BCUT2D eigenvalue weighted by Crippen LogP contribution is 2.23. The van der Waals surface area contributed by atoms with Gasteiger partial charge in [0.15, 0.2) is 5.58 Å². The maximum atomic E-state index is 12.9. The van der Waals surface area contributed by atoms with Crippen molar-refractivity contribution in [3.8, 4) is 0 Å². The number of carbonyl (C=O) groups excluding carboxylic acids is 1. The average molecular weight is 395 g/mol. The Labute approximate surface area is 156 Å². The number of aromatic nitrogens is 1. The van der Waals surface area contributed by atoms with Gasteiger partial charge in [0.25, 0.3) is 5.91 Å². The van der Waals surface area contributed by atoms with Crippen molar-refractivity contribution < 1.29 is 22.4 Å². The van der Waals surface area contributed by atoms with Crippen LogP contribution in [0.5, 0.6) is 0 Å². The van der Waals surface area contributed by atoms with Crippen molar-refractivity contribution >= 4 is 27.0 Å². The van der Waals surface area contributed by atoms with Gasteiger partial charge in [0, 0.05) is 45.9 Å². The summed E-state index contributed by atoms with van der Waals surface area (Å²) >= 11 is 0. The summed E-state index contributed by atoms with van der Waals surface area (Å²) in [5, 5.41) is 0. The van der Waals surface area contributed by atoms with Crippen molar-refractivity contribution in [1.29, 1.82) is 0 Å². The summed E-state index contributed by atoms with van der Waals surface area (Å²) < 4.78 is 39.0. The van der Waals surface area contributed by atoms with Crippen LogP contribution in [-0.4, -0.2) is 67.0 Å². The Hall–Kier alpha value is -2.17. The number of oxazole rings is 1. The van der Waals surface area contributed by atoms with Gasteiger partial charge in [0.2, 0.25) is 10.0 Å². The maximum absolute atomic E-state index is 12.9. The third-order valence-electron chi connectivity index (χ3n) is 5.16. The molecule has 0 unspecified atom stereocenters. The first-order valence-corrected chi connectivity index (χ1v) is 10.3. The molecule has 2 saturated heterocycles. The molecule has 1 aromatic carbocycles. The molecule has 0 aliphatic carbocycles. The molecule has 1 amide bonds. The molecular formula is C17H21N3O6S. The molecule has 1 atom stereocenters. The van der Waals surface area contributed by atoms with Crippen molar-refractivity contribution in [2.75, 3.05) is 32.8 Å². The maximum Gasteiger partial charge on any atom is 0.419 e. The van der Waals surface area contributed by atoms with Crippen LogP contribution in [0.2, 0.25) is 0 Å². The van der Waals surface area contributed by atoms with E-state index in [9.17, 15) is 18.0 Å². The summed E-state index contributed by atoms with van der Waals surface area (Å²) in [6.07, 6.45) is 1.21. The minimum atomic E-state index is -3.73. The van der Waals surface area contributed by atoms with Gasteiger partial charge in [0.1, 0.15) is 6.10 Å². The van der Waals surface area contributed by atoms with Gasteiger partial charge in [-0.3, -0.25) is 9.36 Å². The van der Waals surface area contributed by atoms with E-state index in [0.29, 0.717) is 25.2 Å². The lowest BCUT2D eigenvalue weighted by atomic mass is 10.2. The van der Waals surface area contributed by atoms with Gasteiger partial charge in [-0.2, -0.15) is 4.31 Å². The third-order valence-corrected chi connectivity index (χ3v) is 7.05. The highest BCUT2D eigenvalue weighted by atomic mass is 32.2. The number of aryl methyl sites for hydroxylation is 1. The Bertz CT molecular complexity index is 1030. The van der Waals surface area contributed by atoms with E-state index in [1.54, 1.807) is 18.0 Å². The quantitative estimate of drug-likeness (QED) is 0.733. The molecule has 0 radical (unpaired) electrons. The molecule has 27 heavy (non-hydrogen) atoms. The number of hydrogen-bond acceptors (Lipinski definition) is 6. The molecule has 1 aromatic heterocycles. The molecule has 3 heterocycles. The van der Waals surface area contributed by atoms with Gasteiger partial charge in [-0.25, -0.2) is 13.2 Å². The van der Waals surface area contributed by atoms with E-state index in [1.807, 2.05) is 0 Å². The number of ether oxygens (including phenoxy) is 1. The lowest BCUT2D eigenvalue weighted by Gasteiger charge is -2.35. The van der Waals surface area contributed by atoms with Gasteiger partial charge in [-0.1, -0.05) is 0 Å². The number of amides is 1. The Kier molecular flexibility index (Phi) is 4.57. The van der Waals surface area contributed by atoms with E-state index < -0.39 is 21.9 Å². The predicted molar refractivity (Wildman–Crippen MR) is 95.8 cm³/mol. The summed E-state index contributed by atoms with van der Waals surface area (Å²) in [5.74, 6) is -0.599. The minimum Gasteiger partial charge on any atom is -0.408 e. The molecule has 2 aliphatic heterocycles. The lowest BCUT2D eigenvalue weighted by molar-refractivity contribution is -0.142. The van der Waals surface area contributed by atoms with Gasteiger partial charge >= 0.3 is 5.76 Å². The van der Waals surface area contributed by atoms with E-state index in [1.165, 1.54) is 21.0 Å². The summed E-state index contributed by atoms with van der Waals surface area (Å²) in [5.41, 5.74) is 0.765. The van der Waals surface area contributed by atoms with Crippen LogP contribution in [0.4, 0.5) is 0 Å². The largest absolute Gasteiger partial charge is 0.419 e. The van der Waals surface area contributed by atoms with Crippen molar-refractivity contribution in [2.45, 2.75) is 23.8 Å². The summed E-state index contributed by atoms with van der Waals surface area (Å²) in [6, 6.07) is 4.40. The molecule has 2 aliphatic rings. The first kappa shape index (κ1) is 18.2. The fourth-order valence-corrected chi connectivity index (χ4v) is 4.99. The average Bonchev–Trinajstić information content (AvgIpc) is 3.30. The Morgan fingerprint density at radius 1 is 1.19 bits per heavy atom. The van der Waals surface area contributed by atoms with Crippen LogP contribution in [0.3, 0.4) is 0 Å². The second-order valence-corrected chi connectivity index (χ2v) is 8.73. The normalized spacial score (nSPS) is 21.8. The smallest absolute Gasteiger partial charge is 0.408 e. The van der Waals surface area contributed by atoms with Crippen LogP contribution in [0, 0.1) is 0 Å². The van der Waals surface area contributed by atoms with Crippen molar-refractivity contribution in [3.63, 3.8) is 0 Å². The highest BCUT2D eigenvalue weighted by molar-refractivity contribution is 7.89. The van der Waals surface area contributed by atoms with E-state index >= 15 is 0 Å². The molecule has 2 aromatic rings. The van der Waals surface area contributed by atoms with E-state index in [4.69, 9.17) is 9.15 Å². The van der Waals surface area contributed by atoms with E-state index in [2.05, 4.69) is 0 Å². The highest BCUT2D eigenvalue weighted by Gasteiger charge is 2.34. The van der Waals surface area contributed by atoms with Gasteiger partial charge in [-0.05, 0) is 25.0 Å². The number of fused-ring (bicyclic) bond motifs is 1. The third kappa shape index (κ3) is 3.17. The number of hydrogen-bond donors (Lipinski definition) is 0. The number of piperazine rings is 1. The molecule has 4 rings (SSSR count). The molecule has 0 spiro atoms. The fourth-order valence-electron chi connectivity index (χ4n) is 3.55. The van der Waals surface area contributed by atoms with E-state index in [0.717, 1.165) is 12.8 Å². The fraction of sp³-hybridized carbons (Fsp3) is 0.529. The van der Waals surface area contributed by atoms with Gasteiger partial charge in [-0.15, -0.1) is 0 Å². The summed E-state index contributed by atoms with van der Waals surface area (Å²) in [7, 11) is -2.17. The lowest BCUT2D eigenvalue weighted by Crippen LogP contribution is -2.52. The minimum absolute atomic E-state index is 0.0583. The van der Waals surface area contributed by atoms with Crippen LogP contribution in [-0.2, 0) is 26.6 Å². The zero-order chi connectivity index (χ0) is 19.2.